The maximum atomic E-state index is 3.35. The molecule has 144 valence electrons. The van der Waals surface area contributed by atoms with Crippen LogP contribution in [-0.2, 0) is 5.41 Å². The van der Waals surface area contributed by atoms with Crippen LogP contribution in [0.1, 0.15) is 22.3 Å². The lowest BCUT2D eigenvalue weighted by Crippen LogP contribution is -2.31. The van der Waals surface area contributed by atoms with Gasteiger partial charge < -0.3 is 10.6 Å². The Bertz CT molecular complexity index is 961. The van der Waals surface area contributed by atoms with Gasteiger partial charge in [-0.3, -0.25) is 0 Å². The van der Waals surface area contributed by atoms with E-state index in [0.717, 1.165) is 11.4 Å². The number of benzene rings is 4. The fourth-order valence-electron chi connectivity index (χ4n) is 4.27. The molecule has 4 aromatic rings. The third kappa shape index (κ3) is 3.27. The van der Waals surface area contributed by atoms with E-state index in [-0.39, 0.29) is 0 Å². The zero-order valence-corrected chi connectivity index (χ0v) is 16.9. The van der Waals surface area contributed by atoms with Crippen LogP contribution in [0.2, 0.25) is 0 Å². The summed E-state index contributed by atoms with van der Waals surface area (Å²) in [4.78, 5) is 0. The topological polar surface area (TPSA) is 24.1 Å². The van der Waals surface area contributed by atoms with E-state index in [2.05, 4.69) is 120 Å². The summed E-state index contributed by atoms with van der Waals surface area (Å²) in [6, 6.07) is 39.0. The first-order chi connectivity index (χ1) is 14.3. The summed E-state index contributed by atoms with van der Waals surface area (Å²) in [6.07, 6.45) is 0. The molecule has 0 heterocycles. The zero-order chi connectivity index (χ0) is 20.1. The maximum Gasteiger partial charge on any atom is 0.0702 e. The van der Waals surface area contributed by atoms with E-state index in [1.807, 2.05) is 14.1 Å². The van der Waals surface area contributed by atoms with E-state index < -0.39 is 5.41 Å². The van der Waals surface area contributed by atoms with Crippen LogP contribution in [0.15, 0.2) is 109 Å². The van der Waals surface area contributed by atoms with Crippen molar-refractivity contribution in [1.82, 2.24) is 0 Å². The van der Waals surface area contributed by atoms with Gasteiger partial charge in [-0.05, 0) is 34.4 Å². The minimum Gasteiger partial charge on any atom is -0.386 e. The fourth-order valence-corrected chi connectivity index (χ4v) is 4.27. The maximum absolute atomic E-state index is 3.35. The third-order valence-electron chi connectivity index (χ3n) is 5.61. The van der Waals surface area contributed by atoms with E-state index in [1.165, 1.54) is 22.3 Å². The van der Waals surface area contributed by atoms with E-state index in [1.54, 1.807) is 0 Å². The molecule has 2 nitrogen and oxygen atoms in total. The Kier molecular flexibility index (Phi) is 5.35. The lowest BCUT2D eigenvalue weighted by molar-refractivity contribution is 0.745. The van der Waals surface area contributed by atoms with Gasteiger partial charge in [-0.15, -0.1) is 0 Å². The predicted octanol–water partition coefficient (Wildman–Crippen LogP) is 6.15. The molecule has 0 spiro atoms. The fraction of sp³-hybridized carbons (Fsp3) is 0.111. The molecule has 0 unspecified atom stereocenters. The zero-order valence-electron chi connectivity index (χ0n) is 16.9. The van der Waals surface area contributed by atoms with Crippen molar-refractivity contribution in [2.75, 3.05) is 24.7 Å². The Morgan fingerprint density at radius 2 is 0.862 bits per heavy atom. The van der Waals surface area contributed by atoms with Crippen molar-refractivity contribution >= 4 is 11.4 Å². The van der Waals surface area contributed by atoms with Crippen LogP contribution in [0.25, 0.3) is 0 Å². The highest BCUT2D eigenvalue weighted by molar-refractivity contribution is 5.72. The SMILES string of the molecule is CNc1ccc(C(c2ccccc2)(c2ccccc2)c2ccccc2)cc1NC. The van der Waals surface area contributed by atoms with Crippen molar-refractivity contribution in [2.24, 2.45) is 0 Å². The molecule has 29 heavy (non-hydrogen) atoms. The Morgan fingerprint density at radius 1 is 0.448 bits per heavy atom. The first-order valence-electron chi connectivity index (χ1n) is 9.97. The summed E-state index contributed by atoms with van der Waals surface area (Å²) in [5.41, 5.74) is 6.72. The summed E-state index contributed by atoms with van der Waals surface area (Å²) in [7, 11) is 3.92. The Morgan fingerprint density at radius 3 is 1.24 bits per heavy atom. The van der Waals surface area contributed by atoms with Crippen LogP contribution in [0.3, 0.4) is 0 Å². The molecule has 4 aromatic carbocycles. The van der Waals surface area contributed by atoms with Crippen LogP contribution in [0.4, 0.5) is 11.4 Å². The van der Waals surface area contributed by atoms with Gasteiger partial charge in [-0.2, -0.15) is 0 Å². The summed E-state index contributed by atoms with van der Waals surface area (Å²) < 4.78 is 0. The quantitative estimate of drug-likeness (QED) is 0.393. The highest BCUT2D eigenvalue weighted by Crippen LogP contribution is 2.46. The number of rotatable bonds is 6. The minimum atomic E-state index is -0.415. The first-order valence-corrected chi connectivity index (χ1v) is 9.97. The standard InChI is InChI=1S/C27H26N2/c1-28-25-19-18-24(20-26(25)29-2)27(21-12-6-3-7-13-21,22-14-8-4-9-15-22)23-16-10-5-11-17-23/h3-20,28-29H,1-2H3. The van der Waals surface area contributed by atoms with E-state index in [4.69, 9.17) is 0 Å². The third-order valence-corrected chi connectivity index (χ3v) is 5.61. The molecule has 0 aliphatic heterocycles. The van der Waals surface area contributed by atoms with E-state index >= 15 is 0 Å². The molecular weight excluding hydrogens is 352 g/mol. The van der Waals surface area contributed by atoms with Crippen molar-refractivity contribution in [3.8, 4) is 0 Å². The summed E-state index contributed by atoms with van der Waals surface area (Å²) in [5.74, 6) is 0. The molecule has 0 amide bonds. The monoisotopic (exact) mass is 378 g/mol. The Hall–Kier alpha value is -3.52. The number of hydrogen-bond donors (Lipinski definition) is 2. The Labute approximate surface area is 173 Å². The smallest absolute Gasteiger partial charge is 0.0702 e. The van der Waals surface area contributed by atoms with Crippen LogP contribution >= 0.6 is 0 Å². The summed E-state index contributed by atoms with van der Waals surface area (Å²) in [6.45, 7) is 0. The molecule has 0 saturated heterocycles. The average Bonchev–Trinajstić information content (AvgIpc) is 2.81. The van der Waals surface area contributed by atoms with Crippen LogP contribution < -0.4 is 10.6 Å². The molecule has 0 radical (unpaired) electrons. The van der Waals surface area contributed by atoms with Crippen molar-refractivity contribution in [3.05, 3.63) is 131 Å². The first kappa shape index (κ1) is 18.8. The number of nitrogens with one attached hydrogen (secondary N) is 2. The molecule has 2 heteroatoms. The molecule has 0 aliphatic carbocycles. The molecule has 0 atom stereocenters. The number of anilines is 2. The molecule has 0 bridgehead atoms. The van der Waals surface area contributed by atoms with Crippen LogP contribution in [0.5, 0.6) is 0 Å². The van der Waals surface area contributed by atoms with Gasteiger partial charge in [0.05, 0.1) is 16.8 Å². The van der Waals surface area contributed by atoms with Crippen molar-refractivity contribution < 1.29 is 0 Å². The second kappa shape index (κ2) is 8.24. The van der Waals surface area contributed by atoms with E-state index in [0.29, 0.717) is 0 Å². The number of hydrogen-bond acceptors (Lipinski definition) is 2. The van der Waals surface area contributed by atoms with Crippen LogP contribution in [0, 0.1) is 0 Å². The van der Waals surface area contributed by atoms with Crippen LogP contribution in [-0.4, -0.2) is 14.1 Å². The van der Waals surface area contributed by atoms with Gasteiger partial charge in [0.1, 0.15) is 0 Å². The average molecular weight is 379 g/mol. The lowest BCUT2D eigenvalue weighted by atomic mass is 9.65. The van der Waals surface area contributed by atoms with Gasteiger partial charge >= 0.3 is 0 Å². The summed E-state index contributed by atoms with van der Waals surface area (Å²) >= 11 is 0. The van der Waals surface area contributed by atoms with Crippen molar-refractivity contribution in [3.63, 3.8) is 0 Å². The molecule has 0 fully saturated rings. The molecule has 4 rings (SSSR count). The highest BCUT2D eigenvalue weighted by Gasteiger charge is 2.38. The van der Waals surface area contributed by atoms with E-state index in [9.17, 15) is 0 Å². The molecule has 2 N–H and O–H groups in total. The Balaban J connectivity index is 2.12. The van der Waals surface area contributed by atoms with Gasteiger partial charge in [0.2, 0.25) is 0 Å². The van der Waals surface area contributed by atoms with Gasteiger partial charge in [0, 0.05) is 14.1 Å². The second-order valence-electron chi connectivity index (χ2n) is 7.11. The van der Waals surface area contributed by atoms with Gasteiger partial charge in [0.15, 0.2) is 0 Å². The lowest BCUT2D eigenvalue weighted by Gasteiger charge is -2.37. The van der Waals surface area contributed by atoms with Gasteiger partial charge in [-0.25, -0.2) is 0 Å². The molecular formula is C27H26N2. The molecule has 0 aromatic heterocycles. The summed E-state index contributed by atoms with van der Waals surface area (Å²) in [5, 5.41) is 6.63. The molecule has 0 aliphatic rings. The molecule has 0 saturated carbocycles. The van der Waals surface area contributed by atoms with Gasteiger partial charge in [0.25, 0.3) is 0 Å². The second-order valence-corrected chi connectivity index (χ2v) is 7.11. The van der Waals surface area contributed by atoms with Crippen molar-refractivity contribution in [2.45, 2.75) is 5.41 Å². The predicted molar refractivity (Wildman–Crippen MR) is 124 cm³/mol. The minimum absolute atomic E-state index is 0.415. The normalized spacial score (nSPS) is 11.1. The highest BCUT2D eigenvalue weighted by atomic mass is 14.9. The van der Waals surface area contributed by atoms with Crippen molar-refractivity contribution in [1.29, 1.82) is 0 Å². The largest absolute Gasteiger partial charge is 0.386 e. The van der Waals surface area contributed by atoms with Gasteiger partial charge in [-0.1, -0.05) is 97.1 Å².